The average molecular weight is 404 g/mol. The molecule has 2 aromatic rings. The molecule has 1 unspecified atom stereocenters. The van der Waals surface area contributed by atoms with E-state index >= 15 is 0 Å². The zero-order chi connectivity index (χ0) is 20.7. The van der Waals surface area contributed by atoms with Gasteiger partial charge in [-0.1, -0.05) is 44.2 Å². The predicted molar refractivity (Wildman–Crippen MR) is 112 cm³/mol. The average Bonchev–Trinajstić information content (AvgIpc) is 2.71. The van der Waals surface area contributed by atoms with Crippen LogP contribution in [0.4, 0.5) is 0 Å². The third kappa shape index (κ3) is 5.19. The van der Waals surface area contributed by atoms with E-state index in [1.54, 1.807) is 12.1 Å². The topological polar surface area (TPSA) is 69.7 Å². The molecular formula is C21H29N3O3S. The van der Waals surface area contributed by atoms with Crippen LogP contribution in [0, 0.1) is 0 Å². The van der Waals surface area contributed by atoms with E-state index in [9.17, 15) is 13.2 Å². The summed E-state index contributed by atoms with van der Waals surface area (Å²) in [6.07, 6.45) is 0. The first-order valence-corrected chi connectivity index (χ1v) is 10.8. The Bertz CT molecular complexity index is 862. The SMILES string of the molecule is CCN(CC)C(CNC(=O)c1ccc(S(=O)(=O)N(C)C)cc1)c1ccccc1. The molecule has 1 amide bonds. The molecule has 152 valence electrons. The summed E-state index contributed by atoms with van der Waals surface area (Å²) in [5, 5.41) is 2.99. The van der Waals surface area contributed by atoms with E-state index in [4.69, 9.17) is 0 Å². The third-order valence-electron chi connectivity index (χ3n) is 4.79. The number of amides is 1. The van der Waals surface area contributed by atoms with Crippen molar-refractivity contribution in [3.8, 4) is 0 Å². The van der Waals surface area contributed by atoms with Gasteiger partial charge in [-0.3, -0.25) is 9.69 Å². The molecule has 28 heavy (non-hydrogen) atoms. The smallest absolute Gasteiger partial charge is 0.251 e. The first kappa shape index (κ1) is 22.1. The summed E-state index contributed by atoms with van der Waals surface area (Å²) in [4.78, 5) is 15.0. The van der Waals surface area contributed by atoms with Crippen LogP contribution in [0.15, 0.2) is 59.5 Å². The van der Waals surface area contributed by atoms with Crippen molar-refractivity contribution in [1.29, 1.82) is 0 Å². The largest absolute Gasteiger partial charge is 0.350 e. The van der Waals surface area contributed by atoms with Gasteiger partial charge in [0, 0.05) is 26.2 Å². The molecule has 0 aromatic heterocycles. The van der Waals surface area contributed by atoms with Crippen LogP contribution in [-0.4, -0.2) is 57.3 Å². The van der Waals surface area contributed by atoms with E-state index in [2.05, 4.69) is 36.2 Å². The normalized spacial score (nSPS) is 12.9. The van der Waals surface area contributed by atoms with E-state index in [0.717, 1.165) is 23.0 Å². The first-order valence-electron chi connectivity index (χ1n) is 9.41. The monoisotopic (exact) mass is 403 g/mol. The minimum Gasteiger partial charge on any atom is -0.350 e. The number of likely N-dealkylation sites (N-methyl/N-ethyl adjacent to an activating group) is 1. The van der Waals surface area contributed by atoms with Crippen LogP contribution in [0.2, 0.25) is 0 Å². The summed E-state index contributed by atoms with van der Waals surface area (Å²) < 4.78 is 25.4. The van der Waals surface area contributed by atoms with Crippen molar-refractivity contribution >= 4 is 15.9 Å². The fourth-order valence-electron chi connectivity index (χ4n) is 3.08. The van der Waals surface area contributed by atoms with Crippen LogP contribution < -0.4 is 5.32 Å². The molecule has 0 aliphatic carbocycles. The van der Waals surface area contributed by atoms with Crippen molar-refractivity contribution in [1.82, 2.24) is 14.5 Å². The van der Waals surface area contributed by atoms with Crippen LogP contribution >= 0.6 is 0 Å². The molecule has 0 saturated heterocycles. The zero-order valence-corrected chi connectivity index (χ0v) is 17.7. The molecular weight excluding hydrogens is 374 g/mol. The second-order valence-corrected chi connectivity index (χ2v) is 8.82. The Labute approximate surface area is 168 Å². The Hall–Kier alpha value is -2.22. The van der Waals surface area contributed by atoms with Crippen molar-refractivity contribution in [2.24, 2.45) is 0 Å². The van der Waals surface area contributed by atoms with Gasteiger partial charge in [-0.2, -0.15) is 0 Å². The molecule has 7 heteroatoms. The van der Waals surface area contributed by atoms with Gasteiger partial charge in [0.25, 0.3) is 5.91 Å². The number of carbonyl (C=O) groups is 1. The van der Waals surface area contributed by atoms with Crippen LogP contribution in [0.5, 0.6) is 0 Å². The molecule has 0 fully saturated rings. The lowest BCUT2D eigenvalue weighted by molar-refractivity contribution is 0.0935. The summed E-state index contributed by atoms with van der Waals surface area (Å²) >= 11 is 0. The van der Waals surface area contributed by atoms with Gasteiger partial charge >= 0.3 is 0 Å². The lowest BCUT2D eigenvalue weighted by Gasteiger charge is -2.30. The molecule has 0 aliphatic rings. The Kier molecular flexibility index (Phi) is 7.74. The maximum absolute atomic E-state index is 12.6. The maximum atomic E-state index is 12.6. The molecule has 1 atom stereocenters. The molecule has 0 saturated carbocycles. The second kappa shape index (κ2) is 9.82. The van der Waals surface area contributed by atoms with E-state index in [1.807, 2.05) is 18.2 Å². The lowest BCUT2D eigenvalue weighted by Crippen LogP contribution is -2.38. The first-order chi connectivity index (χ1) is 13.3. The highest BCUT2D eigenvalue weighted by Crippen LogP contribution is 2.20. The Balaban J connectivity index is 2.12. The number of hydrogen-bond acceptors (Lipinski definition) is 4. The highest BCUT2D eigenvalue weighted by molar-refractivity contribution is 7.89. The van der Waals surface area contributed by atoms with E-state index in [0.29, 0.717) is 12.1 Å². The molecule has 1 N–H and O–H groups in total. The van der Waals surface area contributed by atoms with Gasteiger partial charge in [0.1, 0.15) is 0 Å². The molecule has 0 spiro atoms. The third-order valence-corrected chi connectivity index (χ3v) is 6.62. The van der Waals surface area contributed by atoms with E-state index in [1.165, 1.54) is 26.2 Å². The van der Waals surface area contributed by atoms with Gasteiger partial charge in [0.15, 0.2) is 0 Å². The molecule has 2 aromatic carbocycles. The van der Waals surface area contributed by atoms with Gasteiger partial charge < -0.3 is 5.32 Å². The van der Waals surface area contributed by atoms with Gasteiger partial charge in [0.2, 0.25) is 10.0 Å². The Morgan fingerprint density at radius 1 is 0.964 bits per heavy atom. The molecule has 0 aliphatic heterocycles. The van der Waals surface area contributed by atoms with Crippen molar-refractivity contribution in [3.05, 3.63) is 65.7 Å². The van der Waals surface area contributed by atoms with E-state index < -0.39 is 10.0 Å². The fourth-order valence-corrected chi connectivity index (χ4v) is 3.98. The molecule has 0 heterocycles. The van der Waals surface area contributed by atoms with Crippen LogP contribution in [0.1, 0.15) is 35.8 Å². The van der Waals surface area contributed by atoms with Gasteiger partial charge in [-0.15, -0.1) is 0 Å². The molecule has 2 rings (SSSR count). The Morgan fingerprint density at radius 2 is 1.54 bits per heavy atom. The van der Waals surface area contributed by atoms with Crippen molar-refractivity contribution in [2.45, 2.75) is 24.8 Å². The van der Waals surface area contributed by atoms with Gasteiger partial charge in [-0.05, 0) is 42.9 Å². The van der Waals surface area contributed by atoms with Crippen LogP contribution in [0.3, 0.4) is 0 Å². The summed E-state index contributed by atoms with van der Waals surface area (Å²) in [6.45, 7) is 6.44. The lowest BCUT2D eigenvalue weighted by atomic mass is 10.0. The van der Waals surface area contributed by atoms with Gasteiger partial charge in [0.05, 0.1) is 10.9 Å². The van der Waals surface area contributed by atoms with Crippen molar-refractivity contribution in [2.75, 3.05) is 33.7 Å². The summed E-state index contributed by atoms with van der Waals surface area (Å²) in [5.41, 5.74) is 1.59. The Morgan fingerprint density at radius 3 is 2.04 bits per heavy atom. The predicted octanol–water partition coefficient (Wildman–Crippen LogP) is 2.75. The van der Waals surface area contributed by atoms with Crippen molar-refractivity contribution in [3.63, 3.8) is 0 Å². The minimum absolute atomic E-state index is 0.0774. The molecule has 6 nitrogen and oxygen atoms in total. The quantitative estimate of drug-likeness (QED) is 0.699. The number of nitrogens with one attached hydrogen (secondary N) is 1. The number of sulfonamides is 1. The molecule has 0 radical (unpaired) electrons. The standard InChI is InChI=1S/C21H29N3O3S/c1-5-24(6-2)20(17-10-8-7-9-11-17)16-22-21(25)18-12-14-19(15-13-18)28(26,27)23(3)4/h7-15,20H,5-6,16H2,1-4H3,(H,22,25). The fraction of sp³-hybridized carbons (Fsp3) is 0.381. The second-order valence-electron chi connectivity index (χ2n) is 6.67. The number of rotatable bonds is 9. The molecule has 0 bridgehead atoms. The highest BCUT2D eigenvalue weighted by Gasteiger charge is 2.20. The number of hydrogen-bond donors (Lipinski definition) is 1. The van der Waals surface area contributed by atoms with Crippen LogP contribution in [0.25, 0.3) is 0 Å². The van der Waals surface area contributed by atoms with Crippen LogP contribution in [-0.2, 0) is 10.0 Å². The maximum Gasteiger partial charge on any atom is 0.251 e. The van der Waals surface area contributed by atoms with Crippen molar-refractivity contribution < 1.29 is 13.2 Å². The number of benzene rings is 2. The zero-order valence-electron chi connectivity index (χ0n) is 16.9. The minimum atomic E-state index is -3.50. The summed E-state index contributed by atoms with van der Waals surface area (Å²) in [7, 11) is -0.546. The van der Waals surface area contributed by atoms with E-state index in [-0.39, 0.29) is 16.8 Å². The number of nitrogens with zero attached hydrogens (tertiary/aromatic N) is 2. The summed E-state index contributed by atoms with van der Waals surface area (Å²) in [5.74, 6) is -0.220. The number of carbonyl (C=O) groups excluding carboxylic acids is 1. The summed E-state index contributed by atoms with van der Waals surface area (Å²) in [6, 6.07) is 16.2. The van der Waals surface area contributed by atoms with Gasteiger partial charge in [-0.25, -0.2) is 12.7 Å². The highest BCUT2D eigenvalue weighted by atomic mass is 32.2.